The van der Waals surface area contributed by atoms with Gasteiger partial charge in [-0.2, -0.15) is 5.10 Å². The maximum absolute atomic E-state index is 14.7. The Morgan fingerprint density at radius 3 is 2.76 bits per heavy atom. The number of rotatable bonds is 4. The van der Waals surface area contributed by atoms with Gasteiger partial charge >= 0.3 is 0 Å². The Balaban J connectivity index is 1.46. The molecular formula is C23H27FN8O. The second-order valence-electron chi connectivity index (χ2n) is 8.54. The topological polar surface area (TPSA) is 134 Å². The van der Waals surface area contributed by atoms with Crippen LogP contribution < -0.4 is 27.1 Å². The van der Waals surface area contributed by atoms with E-state index in [2.05, 4.69) is 10.2 Å². The van der Waals surface area contributed by atoms with Crippen molar-refractivity contribution in [1.82, 2.24) is 15.2 Å². The number of nitrogens with one attached hydrogen (secondary N) is 1. The number of hydrazine groups is 1. The van der Waals surface area contributed by atoms with Crippen molar-refractivity contribution in [2.24, 2.45) is 23.2 Å². The van der Waals surface area contributed by atoms with Gasteiger partial charge in [0.25, 0.3) is 0 Å². The van der Waals surface area contributed by atoms with Crippen molar-refractivity contribution in [1.29, 1.82) is 0 Å². The third kappa shape index (κ3) is 3.77. The van der Waals surface area contributed by atoms with Gasteiger partial charge in [0.1, 0.15) is 5.82 Å². The number of halogens is 1. The van der Waals surface area contributed by atoms with Gasteiger partial charge < -0.3 is 15.5 Å². The Morgan fingerprint density at radius 2 is 1.97 bits per heavy atom. The van der Waals surface area contributed by atoms with Crippen LogP contribution in [0, 0.1) is 11.7 Å². The highest BCUT2D eigenvalue weighted by Crippen LogP contribution is 2.35. The maximum atomic E-state index is 14.7. The van der Waals surface area contributed by atoms with E-state index in [4.69, 9.17) is 17.3 Å². The number of nitrogens with zero attached hydrogens (tertiary/aromatic N) is 4. The number of piperidine rings is 1. The smallest absolute Gasteiger partial charge is 0.222 e. The highest BCUT2D eigenvalue weighted by Gasteiger charge is 2.38. The molecule has 0 aliphatic carbocycles. The molecular weight excluding hydrogens is 423 g/mol. The molecule has 0 spiro atoms. The second-order valence-corrected chi connectivity index (χ2v) is 8.54. The lowest BCUT2D eigenvalue weighted by Crippen LogP contribution is -2.63. The highest BCUT2D eigenvalue weighted by atomic mass is 19.1. The van der Waals surface area contributed by atoms with Gasteiger partial charge in [-0.25, -0.2) is 10.2 Å². The van der Waals surface area contributed by atoms with Gasteiger partial charge in [-0.05, 0) is 49.2 Å². The van der Waals surface area contributed by atoms with E-state index in [1.165, 1.54) is 11.1 Å². The van der Waals surface area contributed by atoms with E-state index < -0.39 is 6.29 Å². The van der Waals surface area contributed by atoms with E-state index in [-0.39, 0.29) is 23.7 Å². The first kappa shape index (κ1) is 21.2. The molecule has 0 bridgehead atoms. The molecule has 1 saturated heterocycles. The molecule has 0 radical (unpaired) electrons. The van der Waals surface area contributed by atoms with Crippen LogP contribution >= 0.6 is 0 Å². The summed E-state index contributed by atoms with van der Waals surface area (Å²) in [7, 11) is 0. The van der Waals surface area contributed by atoms with Crippen molar-refractivity contribution in [3.63, 3.8) is 0 Å². The minimum atomic E-state index is -0.623. The van der Waals surface area contributed by atoms with Crippen LogP contribution in [-0.4, -0.2) is 46.5 Å². The van der Waals surface area contributed by atoms with Gasteiger partial charge in [0.2, 0.25) is 5.91 Å². The minimum absolute atomic E-state index is 0.231. The first-order chi connectivity index (χ1) is 15.9. The molecule has 2 unspecified atom stereocenters. The number of para-hydroxylation sites is 1. The van der Waals surface area contributed by atoms with Crippen molar-refractivity contribution in [3.05, 3.63) is 66.3 Å². The number of aromatic nitrogens is 2. The molecule has 0 saturated carbocycles. The number of benzene rings is 2. The van der Waals surface area contributed by atoms with Crippen LogP contribution in [0.25, 0.3) is 10.9 Å². The van der Waals surface area contributed by atoms with Gasteiger partial charge in [0.05, 0.1) is 35.1 Å². The third-order valence-corrected chi connectivity index (χ3v) is 6.64. The molecule has 2 aromatic carbocycles. The first-order valence-electron chi connectivity index (χ1n) is 10.9. The van der Waals surface area contributed by atoms with E-state index in [1.807, 2.05) is 34.1 Å². The predicted molar refractivity (Wildman–Crippen MR) is 125 cm³/mol. The van der Waals surface area contributed by atoms with Gasteiger partial charge in [0, 0.05) is 24.2 Å². The lowest BCUT2D eigenvalue weighted by molar-refractivity contribution is -0.122. The second kappa shape index (κ2) is 8.38. The Hall–Kier alpha value is -3.63. The highest BCUT2D eigenvalue weighted by molar-refractivity contribution is 5.82. The van der Waals surface area contributed by atoms with Crippen molar-refractivity contribution in [3.8, 4) is 0 Å². The van der Waals surface area contributed by atoms with Gasteiger partial charge in [-0.3, -0.25) is 20.6 Å². The molecule has 33 heavy (non-hydrogen) atoms. The average Bonchev–Trinajstić information content (AvgIpc) is 3.29. The number of hydrogen-bond donors (Lipinski definition) is 4. The van der Waals surface area contributed by atoms with E-state index in [9.17, 15) is 9.18 Å². The molecule has 1 amide bonds. The average molecular weight is 451 g/mol. The number of nitrogens with two attached hydrogens (primary N) is 3. The number of H-pyrrole nitrogens is 1. The van der Waals surface area contributed by atoms with Gasteiger partial charge in [-0.1, -0.05) is 12.1 Å². The summed E-state index contributed by atoms with van der Waals surface area (Å²) in [5.74, 6) is 5.42. The monoisotopic (exact) mass is 450 g/mol. The van der Waals surface area contributed by atoms with Crippen molar-refractivity contribution >= 4 is 28.2 Å². The fraction of sp³-hybridized carbons (Fsp3) is 0.304. The SMILES string of the molecule is NC(=O)[C@H]1CCC(C2=CCN(c3ccc4cn[nH]c4c3)C(N)N2N)N(c2ccccc2F)C1. The number of aromatic amines is 1. The maximum Gasteiger partial charge on any atom is 0.222 e. The van der Waals surface area contributed by atoms with Crippen LogP contribution in [0.2, 0.25) is 0 Å². The summed E-state index contributed by atoms with van der Waals surface area (Å²) in [5.41, 5.74) is 15.2. The van der Waals surface area contributed by atoms with Crippen LogP contribution in [0.4, 0.5) is 15.8 Å². The largest absolute Gasteiger partial charge is 0.369 e. The fourth-order valence-corrected chi connectivity index (χ4v) is 4.84. The molecule has 7 N–H and O–H groups in total. The summed E-state index contributed by atoms with van der Waals surface area (Å²) in [4.78, 5) is 15.8. The van der Waals surface area contributed by atoms with Crippen molar-refractivity contribution in [2.75, 3.05) is 22.9 Å². The van der Waals surface area contributed by atoms with Crippen LogP contribution in [0.5, 0.6) is 0 Å². The normalized spacial score (nSPS) is 23.7. The lowest BCUT2D eigenvalue weighted by atomic mass is 9.89. The fourth-order valence-electron chi connectivity index (χ4n) is 4.84. The lowest BCUT2D eigenvalue weighted by Gasteiger charge is -2.48. The quantitative estimate of drug-likeness (QED) is 0.444. The Kier molecular flexibility index (Phi) is 5.39. The summed E-state index contributed by atoms with van der Waals surface area (Å²) in [6.45, 7) is 0.853. The standard InChI is InChI=1S/C23H27FN8O/c24-17-3-1-2-4-19(17)31-13-15(22(25)33)6-8-20(31)21-9-10-30(23(26)32(21)27)16-7-5-14-12-28-29-18(14)11-16/h1-5,7,9,11-12,15,20,23H,6,8,10,13,26-27H2,(H2,25,33)(H,28,29)/t15-,20?,23?/m0/s1. The Labute approximate surface area is 190 Å². The van der Waals surface area contributed by atoms with Crippen LogP contribution in [-0.2, 0) is 4.79 Å². The molecule has 1 aromatic heterocycles. The number of carbonyl (C=O) groups is 1. The predicted octanol–water partition coefficient (Wildman–Crippen LogP) is 1.59. The van der Waals surface area contributed by atoms with E-state index >= 15 is 0 Å². The van der Waals surface area contributed by atoms with Crippen LogP contribution in [0.1, 0.15) is 12.8 Å². The zero-order valence-electron chi connectivity index (χ0n) is 18.1. The summed E-state index contributed by atoms with van der Waals surface area (Å²) in [5, 5.41) is 9.58. The van der Waals surface area contributed by atoms with E-state index in [0.717, 1.165) is 22.3 Å². The number of carbonyl (C=O) groups excluding carboxylic acids is 1. The zero-order valence-corrected chi connectivity index (χ0v) is 18.1. The molecule has 3 aromatic rings. The molecule has 10 heteroatoms. The van der Waals surface area contributed by atoms with Gasteiger partial charge in [-0.15, -0.1) is 0 Å². The molecule has 3 heterocycles. The Morgan fingerprint density at radius 1 is 1.15 bits per heavy atom. The third-order valence-electron chi connectivity index (χ3n) is 6.64. The number of amides is 1. The first-order valence-corrected chi connectivity index (χ1v) is 10.9. The van der Waals surface area contributed by atoms with E-state index in [1.54, 1.807) is 24.4 Å². The molecule has 172 valence electrons. The Bertz CT molecular complexity index is 1210. The summed E-state index contributed by atoms with van der Waals surface area (Å²) in [6, 6.07) is 12.3. The minimum Gasteiger partial charge on any atom is -0.369 e. The molecule has 5 rings (SSSR count). The number of anilines is 2. The molecule has 2 aliphatic rings. The van der Waals surface area contributed by atoms with Crippen LogP contribution in [0.3, 0.4) is 0 Å². The summed E-state index contributed by atoms with van der Waals surface area (Å²) >= 11 is 0. The van der Waals surface area contributed by atoms with Gasteiger partial charge in [0.15, 0.2) is 6.29 Å². The molecule has 2 aliphatic heterocycles. The zero-order chi connectivity index (χ0) is 23.1. The molecule has 3 atom stereocenters. The molecule has 9 nitrogen and oxygen atoms in total. The van der Waals surface area contributed by atoms with Crippen molar-refractivity contribution < 1.29 is 9.18 Å². The molecule has 1 fully saturated rings. The number of fused-ring (bicyclic) bond motifs is 1. The number of hydrogen-bond acceptors (Lipinski definition) is 7. The summed E-state index contributed by atoms with van der Waals surface area (Å²) in [6.07, 6.45) is 4.37. The van der Waals surface area contributed by atoms with Crippen LogP contribution in [0.15, 0.2) is 60.4 Å². The van der Waals surface area contributed by atoms with E-state index in [0.29, 0.717) is 31.6 Å². The van der Waals surface area contributed by atoms with Crippen molar-refractivity contribution in [2.45, 2.75) is 25.2 Å². The summed E-state index contributed by atoms with van der Waals surface area (Å²) < 4.78 is 14.7. The number of primary amides is 1.